The molecule has 0 aromatic rings. The van der Waals surface area contributed by atoms with Gasteiger partial charge in [0.2, 0.25) is 5.91 Å². The van der Waals surface area contributed by atoms with Gasteiger partial charge in [0.05, 0.1) is 6.10 Å². The highest BCUT2D eigenvalue weighted by Gasteiger charge is 2.47. The zero-order chi connectivity index (χ0) is 10.1. The van der Waals surface area contributed by atoms with E-state index in [1.807, 2.05) is 13.8 Å². The molecule has 13 heavy (non-hydrogen) atoms. The third kappa shape index (κ3) is 2.00. The van der Waals surface area contributed by atoms with Crippen LogP contribution in [-0.4, -0.2) is 29.7 Å². The predicted molar refractivity (Wildman–Crippen MR) is 50.0 cm³/mol. The predicted octanol–water partition coefficient (Wildman–Crippen LogP) is -0.389. The Morgan fingerprint density at radius 2 is 2.31 bits per heavy atom. The quantitative estimate of drug-likeness (QED) is 0.562. The first-order chi connectivity index (χ1) is 5.98. The van der Waals surface area contributed by atoms with Gasteiger partial charge >= 0.3 is 0 Å². The van der Waals surface area contributed by atoms with Gasteiger partial charge in [-0.05, 0) is 6.42 Å². The molecular formula is C9H18N2O2. The van der Waals surface area contributed by atoms with E-state index in [9.17, 15) is 9.90 Å². The number of carbonyl (C=O) groups excluding carboxylic acids is 1. The Morgan fingerprint density at radius 1 is 1.69 bits per heavy atom. The lowest BCUT2D eigenvalue weighted by Gasteiger charge is -2.49. The molecule has 4 heteroatoms. The maximum Gasteiger partial charge on any atom is 0.221 e. The Bertz CT molecular complexity index is 204. The van der Waals surface area contributed by atoms with Crippen LogP contribution in [0.25, 0.3) is 0 Å². The van der Waals surface area contributed by atoms with Crippen molar-refractivity contribution in [1.82, 2.24) is 5.32 Å². The summed E-state index contributed by atoms with van der Waals surface area (Å²) in [5.74, 6) is -0.0209. The van der Waals surface area contributed by atoms with E-state index in [2.05, 4.69) is 5.32 Å². The Balaban J connectivity index is 2.36. The van der Waals surface area contributed by atoms with Gasteiger partial charge in [-0.15, -0.1) is 0 Å². The summed E-state index contributed by atoms with van der Waals surface area (Å²) < 4.78 is 0. The topological polar surface area (TPSA) is 75.3 Å². The van der Waals surface area contributed by atoms with E-state index < -0.39 is 0 Å². The maximum absolute atomic E-state index is 11.2. The van der Waals surface area contributed by atoms with Crippen LogP contribution in [0.4, 0.5) is 0 Å². The normalized spacial score (nSPS) is 30.8. The minimum Gasteiger partial charge on any atom is -0.392 e. The van der Waals surface area contributed by atoms with Gasteiger partial charge in [0.25, 0.3) is 0 Å². The van der Waals surface area contributed by atoms with Crippen molar-refractivity contribution in [3.8, 4) is 0 Å². The molecule has 2 unspecified atom stereocenters. The number of nitrogens with two attached hydrogens (primary N) is 1. The molecule has 0 spiro atoms. The van der Waals surface area contributed by atoms with E-state index in [0.717, 1.165) is 0 Å². The third-order valence-electron chi connectivity index (χ3n) is 2.92. The third-order valence-corrected chi connectivity index (χ3v) is 2.92. The molecule has 0 aromatic heterocycles. The molecule has 0 radical (unpaired) electrons. The van der Waals surface area contributed by atoms with E-state index in [4.69, 9.17) is 5.73 Å². The highest BCUT2D eigenvalue weighted by Crippen LogP contribution is 2.40. The van der Waals surface area contributed by atoms with Crippen LogP contribution in [0.2, 0.25) is 0 Å². The molecule has 4 N–H and O–H groups in total. The van der Waals surface area contributed by atoms with Crippen LogP contribution >= 0.6 is 0 Å². The zero-order valence-electron chi connectivity index (χ0n) is 8.21. The van der Waals surface area contributed by atoms with Gasteiger partial charge in [-0.3, -0.25) is 4.79 Å². The maximum atomic E-state index is 11.2. The van der Waals surface area contributed by atoms with Crippen molar-refractivity contribution in [3.05, 3.63) is 0 Å². The largest absolute Gasteiger partial charge is 0.392 e. The summed E-state index contributed by atoms with van der Waals surface area (Å²) in [6.07, 6.45) is 0.724. The van der Waals surface area contributed by atoms with Crippen LogP contribution in [0.15, 0.2) is 0 Å². The van der Waals surface area contributed by atoms with Crippen LogP contribution in [0, 0.1) is 5.41 Å². The van der Waals surface area contributed by atoms with Gasteiger partial charge in [-0.2, -0.15) is 0 Å². The molecule has 76 valence electrons. The monoisotopic (exact) mass is 186 g/mol. The lowest BCUT2D eigenvalue weighted by molar-refractivity contribution is -0.129. The molecule has 0 aliphatic heterocycles. The van der Waals surface area contributed by atoms with Gasteiger partial charge in [0, 0.05) is 24.4 Å². The fourth-order valence-corrected chi connectivity index (χ4v) is 1.55. The first-order valence-electron chi connectivity index (χ1n) is 4.66. The van der Waals surface area contributed by atoms with Crippen LogP contribution in [0.5, 0.6) is 0 Å². The summed E-state index contributed by atoms with van der Waals surface area (Å²) in [6, 6.07) is 0.0987. The van der Waals surface area contributed by atoms with Gasteiger partial charge in [0.1, 0.15) is 0 Å². The van der Waals surface area contributed by atoms with E-state index in [1.165, 1.54) is 0 Å². The van der Waals surface area contributed by atoms with Crippen molar-refractivity contribution in [3.63, 3.8) is 0 Å². The molecule has 1 saturated carbocycles. The lowest BCUT2D eigenvalue weighted by Crippen LogP contribution is -2.61. The van der Waals surface area contributed by atoms with Crippen LogP contribution in [-0.2, 0) is 4.79 Å². The molecule has 1 amide bonds. The van der Waals surface area contributed by atoms with Crippen molar-refractivity contribution < 1.29 is 9.90 Å². The number of aliphatic hydroxyl groups is 1. The second kappa shape index (κ2) is 3.64. The molecule has 1 fully saturated rings. The average molecular weight is 186 g/mol. The van der Waals surface area contributed by atoms with Crippen LogP contribution < -0.4 is 11.1 Å². The summed E-state index contributed by atoms with van der Waals surface area (Å²) in [6.45, 7) is 4.28. The summed E-state index contributed by atoms with van der Waals surface area (Å²) in [7, 11) is 0. The Morgan fingerprint density at radius 3 is 2.69 bits per heavy atom. The van der Waals surface area contributed by atoms with Crippen LogP contribution in [0.1, 0.15) is 26.7 Å². The van der Waals surface area contributed by atoms with E-state index >= 15 is 0 Å². The summed E-state index contributed by atoms with van der Waals surface area (Å²) in [5, 5.41) is 12.3. The molecule has 0 aromatic carbocycles. The zero-order valence-corrected chi connectivity index (χ0v) is 8.21. The Hall–Kier alpha value is -0.610. The molecule has 4 nitrogen and oxygen atoms in total. The van der Waals surface area contributed by atoms with E-state index in [-0.39, 0.29) is 23.5 Å². The van der Waals surface area contributed by atoms with Crippen molar-refractivity contribution in [2.45, 2.75) is 38.8 Å². The summed E-state index contributed by atoms with van der Waals surface area (Å²) in [4.78, 5) is 11.2. The van der Waals surface area contributed by atoms with Gasteiger partial charge < -0.3 is 16.2 Å². The molecule has 2 atom stereocenters. The highest BCUT2D eigenvalue weighted by molar-refractivity contribution is 5.76. The summed E-state index contributed by atoms with van der Waals surface area (Å²) >= 11 is 0. The molecule has 0 heterocycles. The SMILES string of the molecule is CC1(C)C(O)CC1NC(=O)CCN. The number of carbonyl (C=O) groups is 1. The molecule has 1 rings (SSSR count). The molecule has 1 aliphatic rings. The fourth-order valence-electron chi connectivity index (χ4n) is 1.55. The number of nitrogens with one attached hydrogen (secondary N) is 1. The number of hydrogen-bond donors (Lipinski definition) is 3. The Labute approximate surface area is 78.5 Å². The van der Waals surface area contributed by atoms with Gasteiger partial charge in [-0.25, -0.2) is 0 Å². The van der Waals surface area contributed by atoms with Crippen molar-refractivity contribution in [2.24, 2.45) is 11.1 Å². The molecule has 0 bridgehead atoms. The minimum atomic E-state index is -0.296. The first-order valence-corrected chi connectivity index (χ1v) is 4.66. The molecule has 0 saturated heterocycles. The number of rotatable bonds is 3. The fraction of sp³-hybridized carbons (Fsp3) is 0.889. The summed E-state index contributed by atoms with van der Waals surface area (Å²) in [5.41, 5.74) is 5.06. The second-order valence-corrected chi connectivity index (χ2v) is 4.23. The average Bonchev–Trinajstić information content (AvgIpc) is 2.04. The van der Waals surface area contributed by atoms with Crippen LogP contribution in [0.3, 0.4) is 0 Å². The van der Waals surface area contributed by atoms with E-state index in [1.54, 1.807) is 0 Å². The van der Waals surface area contributed by atoms with Crippen molar-refractivity contribution >= 4 is 5.91 Å². The molecule has 1 aliphatic carbocycles. The second-order valence-electron chi connectivity index (χ2n) is 4.23. The van der Waals surface area contributed by atoms with Gasteiger partial charge in [0.15, 0.2) is 0 Å². The smallest absolute Gasteiger partial charge is 0.221 e. The number of hydrogen-bond acceptors (Lipinski definition) is 3. The first kappa shape index (κ1) is 10.5. The minimum absolute atomic E-state index is 0.0209. The highest BCUT2D eigenvalue weighted by atomic mass is 16.3. The molecular weight excluding hydrogens is 168 g/mol. The number of aliphatic hydroxyl groups excluding tert-OH is 1. The number of amides is 1. The van der Waals surface area contributed by atoms with Crippen molar-refractivity contribution in [1.29, 1.82) is 0 Å². The Kier molecular flexibility index (Phi) is 2.93. The van der Waals surface area contributed by atoms with E-state index in [0.29, 0.717) is 19.4 Å². The standard InChI is InChI=1S/C9H18N2O2/c1-9(2)6(5-7(9)12)11-8(13)3-4-10/h6-7,12H,3-5,10H2,1-2H3,(H,11,13). The lowest BCUT2D eigenvalue weighted by atomic mass is 9.64. The van der Waals surface area contributed by atoms with Crippen molar-refractivity contribution in [2.75, 3.05) is 6.54 Å². The van der Waals surface area contributed by atoms with Gasteiger partial charge in [-0.1, -0.05) is 13.8 Å².